The van der Waals surface area contributed by atoms with Gasteiger partial charge in [0.1, 0.15) is 0 Å². The van der Waals surface area contributed by atoms with Crippen molar-refractivity contribution in [1.82, 2.24) is 0 Å². The molecule has 0 aliphatic rings. The zero-order valence-electron chi connectivity index (χ0n) is 9.10. The Morgan fingerprint density at radius 1 is 1.12 bits per heavy atom. The van der Waals surface area contributed by atoms with Crippen LogP contribution in [0.2, 0.25) is 0 Å². The molecule has 0 unspecified atom stereocenters. The highest BCUT2D eigenvalue weighted by atomic mass is 32.1. The third-order valence-corrected chi connectivity index (χ3v) is 3.28. The first-order chi connectivity index (χ1) is 7.90. The predicted molar refractivity (Wildman–Crippen MR) is 72.5 cm³/mol. The summed E-state index contributed by atoms with van der Waals surface area (Å²) < 4.78 is 0. The van der Waals surface area contributed by atoms with Gasteiger partial charge in [-0.3, -0.25) is 0 Å². The van der Waals surface area contributed by atoms with E-state index in [1.807, 2.05) is 0 Å². The van der Waals surface area contributed by atoms with Gasteiger partial charge in [0.05, 0.1) is 0 Å². The minimum absolute atomic E-state index is 0.712. The normalized spacial score (nSPS) is 11.1. The molecule has 1 heterocycles. The Hall–Kier alpha value is -1.38. The van der Waals surface area contributed by atoms with Crippen LogP contribution in [-0.2, 0) is 0 Å². The summed E-state index contributed by atoms with van der Waals surface area (Å²) in [5, 5.41) is 2.10. The van der Waals surface area contributed by atoms with Gasteiger partial charge in [0.15, 0.2) is 0 Å². The van der Waals surface area contributed by atoms with Crippen molar-refractivity contribution in [3.05, 3.63) is 53.4 Å². The largest absolute Gasteiger partial charge is 0.330 e. The standard InChI is InChI=1S/C14H15NS/c15-10-2-1-4-12-6-8-13(9-7-12)14-5-3-11-16-14/h1,3-9,11H,2,10,15H2/b4-1+. The lowest BCUT2D eigenvalue weighted by Gasteiger charge is -1.98. The second-order valence-electron chi connectivity index (χ2n) is 3.58. The summed E-state index contributed by atoms with van der Waals surface area (Å²) in [5.74, 6) is 0. The van der Waals surface area contributed by atoms with Crippen molar-refractivity contribution in [1.29, 1.82) is 0 Å². The molecule has 0 radical (unpaired) electrons. The highest BCUT2D eigenvalue weighted by Crippen LogP contribution is 2.24. The van der Waals surface area contributed by atoms with E-state index in [1.165, 1.54) is 16.0 Å². The van der Waals surface area contributed by atoms with Crippen molar-refractivity contribution in [2.45, 2.75) is 6.42 Å². The first kappa shape index (κ1) is 11.1. The molecule has 2 N–H and O–H groups in total. The fraction of sp³-hybridized carbons (Fsp3) is 0.143. The second kappa shape index (κ2) is 5.64. The SMILES string of the molecule is NCC/C=C/c1ccc(-c2cccs2)cc1. The maximum atomic E-state index is 5.43. The van der Waals surface area contributed by atoms with Gasteiger partial charge in [0, 0.05) is 4.88 Å². The van der Waals surface area contributed by atoms with E-state index in [4.69, 9.17) is 5.73 Å². The van der Waals surface area contributed by atoms with Crippen molar-refractivity contribution in [3.8, 4) is 10.4 Å². The van der Waals surface area contributed by atoms with Crippen LogP contribution in [-0.4, -0.2) is 6.54 Å². The van der Waals surface area contributed by atoms with E-state index in [1.54, 1.807) is 11.3 Å². The first-order valence-electron chi connectivity index (χ1n) is 5.41. The van der Waals surface area contributed by atoms with Crippen molar-refractivity contribution in [2.75, 3.05) is 6.54 Å². The van der Waals surface area contributed by atoms with Crippen LogP contribution in [0.1, 0.15) is 12.0 Å². The summed E-state index contributed by atoms with van der Waals surface area (Å²) in [6.07, 6.45) is 5.16. The van der Waals surface area contributed by atoms with Crippen LogP contribution >= 0.6 is 11.3 Å². The maximum absolute atomic E-state index is 5.43. The Balaban J connectivity index is 2.11. The molecule has 0 saturated heterocycles. The maximum Gasteiger partial charge on any atom is 0.0342 e. The summed E-state index contributed by atoms with van der Waals surface area (Å²) in [6.45, 7) is 0.712. The van der Waals surface area contributed by atoms with Crippen LogP contribution in [0.4, 0.5) is 0 Å². The fourth-order valence-corrected chi connectivity index (χ4v) is 2.25. The molecule has 0 saturated carbocycles. The molecule has 82 valence electrons. The molecule has 1 aromatic heterocycles. The monoisotopic (exact) mass is 229 g/mol. The van der Waals surface area contributed by atoms with Crippen LogP contribution in [0.25, 0.3) is 16.5 Å². The van der Waals surface area contributed by atoms with Gasteiger partial charge in [-0.05, 0) is 35.5 Å². The molecule has 0 amide bonds. The summed E-state index contributed by atoms with van der Waals surface area (Å²) in [7, 11) is 0. The molecule has 1 aromatic carbocycles. The molecule has 2 heteroatoms. The third kappa shape index (κ3) is 2.81. The minimum Gasteiger partial charge on any atom is -0.330 e. The van der Waals surface area contributed by atoms with Crippen LogP contribution in [0.15, 0.2) is 47.9 Å². The molecule has 1 nitrogen and oxygen atoms in total. The van der Waals surface area contributed by atoms with E-state index in [2.05, 4.69) is 53.9 Å². The number of hydrogen-bond acceptors (Lipinski definition) is 2. The van der Waals surface area contributed by atoms with Crippen molar-refractivity contribution in [2.24, 2.45) is 5.73 Å². The number of benzene rings is 1. The van der Waals surface area contributed by atoms with E-state index < -0.39 is 0 Å². The predicted octanol–water partition coefficient (Wildman–Crippen LogP) is 3.78. The quantitative estimate of drug-likeness (QED) is 0.848. The van der Waals surface area contributed by atoms with Gasteiger partial charge in [0.25, 0.3) is 0 Å². The van der Waals surface area contributed by atoms with E-state index in [0.29, 0.717) is 6.54 Å². The molecule has 0 atom stereocenters. The summed E-state index contributed by atoms with van der Waals surface area (Å²) in [5.41, 5.74) is 7.94. The highest BCUT2D eigenvalue weighted by molar-refractivity contribution is 7.13. The summed E-state index contributed by atoms with van der Waals surface area (Å²) in [6, 6.07) is 12.8. The van der Waals surface area contributed by atoms with E-state index in [-0.39, 0.29) is 0 Å². The van der Waals surface area contributed by atoms with Gasteiger partial charge in [0.2, 0.25) is 0 Å². The molecule has 2 rings (SSSR count). The van der Waals surface area contributed by atoms with Gasteiger partial charge in [-0.2, -0.15) is 0 Å². The Morgan fingerprint density at radius 2 is 1.94 bits per heavy atom. The number of hydrogen-bond donors (Lipinski definition) is 1. The van der Waals surface area contributed by atoms with Gasteiger partial charge in [-0.25, -0.2) is 0 Å². The lowest BCUT2D eigenvalue weighted by molar-refractivity contribution is 1.01. The number of rotatable bonds is 4. The molecule has 0 aliphatic carbocycles. The lowest BCUT2D eigenvalue weighted by Crippen LogP contribution is -1.94. The second-order valence-corrected chi connectivity index (χ2v) is 4.53. The first-order valence-corrected chi connectivity index (χ1v) is 6.28. The van der Waals surface area contributed by atoms with Crippen LogP contribution in [0, 0.1) is 0 Å². The molecule has 0 fully saturated rings. The Morgan fingerprint density at radius 3 is 2.56 bits per heavy atom. The molecule has 0 spiro atoms. The highest BCUT2D eigenvalue weighted by Gasteiger charge is 1.96. The van der Waals surface area contributed by atoms with Crippen LogP contribution in [0.5, 0.6) is 0 Å². The molecule has 0 bridgehead atoms. The smallest absolute Gasteiger partial charge is 0.0342 e. The zero-order valence-corrected chi connectivity index (χ0v) is 9.91. The zero-order chi connectivity index (χ0) is 11.2. The average molecular weight is 229 g/mol. The van der Waals surface area contributed by atoms with Gasteiger partial charge >= 0.3 is 0 Å². The number of thiophene rings is 1. The van der Waals surface area contributed by atoms with Gasteiger partial charge in [-0.15, -0.1) is 11.3 Å². The van der Waals surface area contributed by atoms with E-state index >= 15 is 0 Å². The molecule has 16 heavy (non-hydrogen) atoms. The molecule has 2 aromatic rings. The van der Waals surface area contributed by atoms with Crippen LogP contribution in [0.3, 0.4) is 0 Å². The van der Waals surface area contributed by atoms with Crippen molar-refractivity contribution in [3.63, 3.8) is 0 Å². The van der Waals surface area contributed by atoms with Crippen molar-refractivity contribution >= 4 is 17.4 Å². The Bertz CT molecular complexity index is 440. The minimum atomic E-state index is 0.712. The van der Waals surface area contributed by atoms with E-state index in [0.717, 1.165) is 6.42 Å². The van der Waals surface area contributed by atoms with Gasteiger partial charge in [-0.1, -0.05) is 42.5 Å². The third-order valence-electron chi connectivity index (χ3n) is 2.36. The fourth-order valence-electron chi connectivity index (χ4n) is 1.52. The topological polar surface area (TPSA) is 26.0 Å². The Kier molecular flexibility index (Phi) is 3.91. The number of nitrogens with two attached hydrogens (primary N) is 1. The van der Waals surface area contributed by atoms with Crippen LogP contribution < -0.4 is 5.73 Å². The van der Waals surface area contributed by atoms with E-state index in [9.17, 15) is 0 Å². The average Bonchev–Trinajstić information content (AvgIpc) is 2.84. The Labute approximate surface area is 100 Å². The van der Waals surface area contributed by atoms with Crippen molar-refractivity contribution < 1.29 is 0 Å². The lowest BCUT2D eigenvalue weighted by atomic mass is 10.1. The van der Waals surface area contributed by atoms with Gasteiger partial charge < -0.3 is 5.73 Å². The summed E-state index contributed by atoms with van der Waals surface area (Å²) >= 11 is 1.77. The molecular formula is C14H15NS. The summed E-state index contributed by atoms with van der Waals surface area (Å²) in [4.78, 5) is 1.32. The molecule has 0 aliphatic heterocycles. The molecular weight excluding hydrogens is 214 g/mol.